The number of carbonyl (C=O) groups is 1. The molecule has 2 rings (SSSR count). The van der Waals surface area contributed by atoms with E-state index in [1.54, 1.807) is 18.2 Å². The number of carbonyl (C=O) groups excluding carboxylic acids is 1. The van der Waals surface area contributed by atoms with Gasteiger partial charge < -0.3 is 21.9 Å². The molecule has 19 heavy (non-hydrogen) atoms. The highest BCUT2D eigenvalue weighted by Gasteiger charge is 2.19. The minimum absolute atomic E-state index is 0.129. The van der Waals surface area contributed by atoms with Gasteiger partial charge in [0.05, 0.1) is 17.5 Å². The van der Waals surface area contributed by atoms with Crippen molar-refractivity contribution in [2.45, 2.75) is 31.8 Å². The van der Waals surface area contributed by atoms with Crippen molar-refractivity contribution in [3.8, 4) is 0 Å². The van der Waals surface area contributed by atoms with Gasteiger partial charge in [-0.2, -0.15) is 0 Å². The summed E-state index contributed by atoms with van der Waals surface area (Å²) in [6.07, 6.45) is 3.70. The number of benzene rings is 1. The van der Waals surface area contributed by atoms with E-state index in [9.17, 15) is 9.90 Å². The Labute approximate surface area is 113 Å². The number of hydrogen-bond acceptors (Lipinski definition) is 4. The predicted molar refractivity (Wildman–Crippen MR) is 75.8 cm³/mol. The van der Waals surface area contributed by atoms with E-state index < -0.39 is 5.91 Å². The van der Waals surface area contributed by atoms with E-state index in [2.05, 4.69) is 5.32 Å². The zero-order valence-electron chi connectivity index (χ0n) is 10.9. The van der Waals surface area contributed by atoms with Crippen molar-refractivity contribution >= 4 is 17.3 Å². The SMILES string of the molecule is NC(=O)c1ccc(NCC2CCC(O)CC2)c(N)c1. The lowest BCUT2D eigenvalue weighted by atomic mass is 9.87. The summed E-state index contributed by atoms with van der Waals surface area (Å²) < 4.78 is 0. The average Bonchev–Trinajstić information content (AvgIpc) is 2.39. The number of nitrogens with one attached hydrogen (secondary N) is 1. The molecule has 1 saturated carbocycles. The van der Waals surface area contributed by atoms with E-state index in [1.165, 1.54) is 0 Å². The topological polar surface area (TPSA) is 101 Å². The number of aliphatic hydroxyl groups excluding tert-OH is 1. The van der Waals surface area contributed by atoms with Crippen molar-refractivity contribution < 1.29 is 9.90 Å². The Morgan fingerprint density at radius 2 is 2.00 bits per heavy atom. The van der Waals surface area contributed by atoms with Gasteiger partial charge in [-0.1, -0.05) is 0 Å². The first kappa shape index (κ1) is 13.7. The third-order valence-electron chi connectivity index (χ3n) is 3.73. The van der Waals surface area contributed by atoms with Crippen molar-refractivity contribution in [2.24, 2.45) is 11.7 Å². The van der Waals surface area contributed by atoms with Crippen LogP contribution in [0.3, 0.4) is 0 Å². The molecule has 6 N–H and O–H groups in total. The first-order valence-electron chi connectivity index (χ1n) is 6.67. The highest BCUT2D eigenvalue weighted by molar-refractivity contribution is 5.94. The van der Waals surface area contributed by atoms with Crippen LogP contribution in [0.5, 0.6) is 0 Å². The third-order valence-corrected chi connectivity index (χ3v) is 3.73. The van der Waals surface area contributed by atoms with Gasteiger partial charge in [0, 0.05) is 12.1 Å². The Hall–Kier alpha value is -1.75. The van der Waals surface area contributed by atoms with Gasteiger partial charge in [0.2, 0.25) is 5.91 Å². The van der Waals surface area contributed by atoms with Crippen LogP contribution in [0.4, 0.5) is 11.4 Å². The van der Waals surface area contributed by atoms with Crippen LogP contribution < -0.4 is 16.8 Å². The molecule has 5 nitrogen and oxygen atoms in total. The fraction of sp³-hybridized carbons (Fsp3) is 0.500. The number of amides is 1. The van der Waals surface area contributed by atoms with E-state index in [0.29, 0.717) is 17.2 Å². The van der Waals surface area contributed by atoms with Crippen LogP contribution in [0.1, 0.15) is 36.0 Å². The van der Waals surface area contributed by atoms with Gasteiger partial charge in [0.1, 0.15) is 0 Å². The molecule has 0 radical (unpaired) electrons. The van der Waals surface area contributed by atoms with Crippen LogP contribution in [0.15, 0.2) is 18.2 Å². The normalized spacial score (nSPS) is 23.0. The van der Waals surface area contributed by atoms with Gasteiger partial charge >= 0.3 is 0 Å². The summed E-state index contributed by atoms with van der Waals surface area (Å²) in [6.45, 7) is 0.840. The molecule has 0 unspecified atom stereocenters. The Morgan fingerprint density at radius 3 is 2.58 bits per heavy atom. The minimum atomic E-state index is -0.473. The molecular weight excluding hydrogens is 242 g/mol. The van der Waals surface area contributed by atoms with E-state index in [-0.39, 0.29) is 6.10 Å². The number of aliphatic hydroxyl groups is 1. The second-order valence-electron chi connectivity index (χ2n) is 5.22. The lowest BCUT2D eigenvalue weighted by Gasteiger charge is -2.26. The van der Waals surface area contributed by atoms with E-state index in [4.69, 9.17) is 11.5 Å². The second kappa shape index (κ2) is 5.93. The molecule has 0 aromatic heterocycles. The van der Waals surface area contributed by atoms with Gasteiger partial charge in [-0.25, -0.2) is 0 Å². The largest absolute Gasteiger partial charge is 0.397 e. The summed E-state index contributed by atoms with van der Waals surface area (Å²) >= 11 is 0. The Kier molecular flexibility index (Phi) is 4.27. The Bertz CT molecular complexity index is 454. The maximum absolute atomic E-state index is 11.0. The molecule has 1 aliphatic carbocycles. The molecule has 0 heterocycles. The molecule has 0 bridgehead atoms. The molecule has 0 saturated heterocycles. The number of rotatable bonds is 4. The number of anilines is 2. The fourth-order valence-electron chi connectivity index (χ4n) is 2.48. The average molecular weight is 263 g/mol. The predicted octanol–water partition coefficient (Wildman–Crippen LogP) is 1.33. The fourth-order valence-corrected chi connectivity index (χ4v) is 2.48. The van der Waals surface area contributed by atoms with Crippen LogP contribution in [-0.4, -0.2) is 23.7 Å². The number of nitrogen functional groups attached to an aromatic ring is 1. The van der Waals surface area contributed by atoms with Gasteiger partial charge in [-0.05, 0) is 49.8 Å². The van der Waals surface area contributed by atoms with Crippen molar-refractivity contribution in [3.63, 3.8) is 0 Å². The lowest BCUT2D eigenvalue weighted by molar-refractivity contribution is 0.1000. The lowest BCUT2D eigenvalue weighted by Crippen LogP contribution is -2.23. The zero-order valence-corrected chi connectivity index (χ0v) is 10.9. The highest BCUT2D eigenvalue weighted by Crippen LogP contribution is 2.26. The Balaban J connectivity index is 1.91. The molecule has 104 valence electrons. The van der Waals surface area contributed by atoms with Gasteiger partial charge in [0.25, 0.3) is 0 Å². The van der Waals surface area contributed by atoms with Crippen LogP contribution in [0.2, 0.25) is 0 Å². The van der Waals surface area contributed by atoms with E-state index >= 15 is 0 Å². The molecule has 0 aliphatic heterocycles. The summed E-state index contributed by atoms with van der Waals surface area (Å²) in [4.78, 5) is 11.0. The number of nitrogens with two attached hydrogens (primary N) is 2. The summed E-state index contributed by atoms with van der Waals surface area (Å²) in [5, 5.41) is 12.8. The van der Waals surface area contributed by atoms with Crippen molar-refractivity contribution in [1.82, 2.24) is 0 Å². The molecule has 1 aromatic carbocycles. The Morgan fingerprint density at radius 1 is 1.32 bits per heavy atom. The molecule has 0 spiro atoms. The first-order valence-corrected chi connectivity index (χ1v) is 6.67. The maximum atomic E-state index is 11.0. The van der Waals surface area contributed by atoms with Crippen LogP contribution >= 0.6 is 0 Å². The van der Waals surface area contributed by atoms with Gasteiger partial charge in [-0.15, -0.1) is 0 Å². The number of hydrogen-bond donors (Lipinski definition) is 4. The summed E-state index contributed by atoms with van der Waals surface area (Å²) in [7, 11) is 0. The molecule has 5 heteroatoms. The van der Waals surface area contributed by atoms with Crippen LogP contribution in [0.25, 0.3) is 0 Å². The van der Waals surface area contributed by atoms with Gasteiger partial charge in [0.15, 0.2) is 0 Å². The minimum Gasteiger partial charge on any atom is -0.397 e. The second-order valence-corrected chi connectivity index (χ2v) is 5.22. The molecule has 1 aliphatic rings. The molecule has 1 fully saturated rings. The summed E-state index contributed by atoms with van der Waals surface area (Å²) in [5.74, 6) is 0.0955. The van der Waals surface area contributed by atoms with Crippen LogP contribution in [0, 0.1) is 5.92 Å². The van der Waals surface area contributed by atoms with Crippen molar-refractivity contribution in [3.05, 3.63) is 23.8 Å². The summed E-state index contributed by atoms with van der Waals surface area (Å²) in [5.41, 5.74) is 12.9. The van der Waals surface area contributed by atoms with Gasteiger partial charge in [-0.3, -0.25) is 4.79 Å². The van der Waals surface area contributed by atoms with E-state index in [1.807, 2.05) is 0 Å². The van der Waals surface area contributed by atoms with E-state index in [0.717, 1.165) is 37.9 Å². The molecule has 1 amide bonds. The molecular formula is C14H21N3O2. The maximum Gasteiger partial charge on any atom is 0.248 e. The quantitative estimate of drug-likeness (QED) is 0.615. The third kappa shape index (κ3) is 3.61. The van der Waals surface area contributed by atoms with Crippen LogP contribution in [-0.2, 0) is 0 Å². The first-order chi connectivity index (χ1) is 9.06. The zero-order chi connectivity index (χ0) is 13.8. The smallest absolute Gasteiger partial charge is 0.248 e. The molecule has 1 aromatic rings. The number of primary amides is 1. The van der Waals surface area contributed by atoms with Crippen molar-refractivity contribution in [1.29, 1.82) is 0 Å². The highest BCUT2D eigenvalue weighted by atomic mass is 16.3. The monoisotopic (exact) mass is 263 g/mol. The summed E-state index contributed by atoms with van der Waals surface area (Å²) in [6, 6.07) is 5.05. The standard InChI is InChI=1S/C14H21N3O2/c15-12-7-10(14(16)19)3-6-13(12)17-8-9-1-4-11(18)5-2-9/h3,6-7,9,11,17-18H,1-2,4-5,8,15H2,(H2,16,19). The molecule has 0 atom stereocenters. The van der Waals surface area contributed by atoms with Crippen molar-refractivity contribution in [2.75, 3.05) is 17.6 Å².